The van der Waals surface area contributed by atoms with Gasteiger partial charge in [-0.2, -0.15) is 0 Å². The maximum atomic E-state index is 14.0. The molecule has 2 aromatic carbocycles. The van der Waals surface area contributed by atoms with Gasteiger partial charge in [0.15, 0.2) is 12.2 Å². The van der Waals surface area contributed by atoms with Crippen LogP contribution in [0.1, 0.15) is 17.5 Å². The van der Waals surface area contributed by atoms with E-state index in [1.54, 1.807) is 12.1 Å². The van der Waals surface area contributed by atoms with Crippen molar-refractivity contribution in [2.75, 3.05) is 28.7 Å². The third kappa shape index (κ3) is 5.01. The Morgan fingerprint density at radius 3 is 2.74 bits per heavy atom. The van der Waals surface area contributed by atoms with Crippen molar-refractivity contribution in [2.45, 2.75) is 25.0 Å². The minimum Gasteiger partial charge on any atom is -0.384 e. The number of nitrogens with two attached hydrogens (primary N) is 1. The molecule has 1 saturated heterocycles. The number of benzene rings is 2. The number of ether oxygens (including phenoxy) is 1. The van der Waals surface area contributed by atoms with Gasteiger partial charge < -0.3 is 31.1 Å². The van der Waals surface area contributed by atoms with E-state index in [4.69, 9.17) is 15.9 Å². The first-order chi connectivity index (χ1) is 15.7. The predicted octanol–water partition coefficient (Wildman–Crippen LogP) is 1.15. The largest absolute Gasteiger partial charge is 0.384 e. The molecule has 0 aromatic heterocycles. The molecule has 0 spiro atoms. The summed E-state index contributed by atoms with van der Waals surface area (Å²) in [6.07, 6.45) is -2.32. The number of amides is 3. The van der Waals surface area contributed by atoms with Crippen LogP contribution < -0.4 is 21.3 Å². The molecule has 0 saturated carbocycles. The second kappa shape index (κ2) is 10.2. The van der Waals surface area contributed by atoms with E-state index in [0.29, 0.717) is 24.2 Å². The Morgan fingerprint density at radius 1 is 1.26 bits per heavy atom. The van der Waals surface area contributed by atoms with Crippen molar-refractivity contribution in [2.24, 2.45) is 5.73 Å². The number of carbonyl (C=O) groups excluding carboxylic acids is 3. The van der Waals surface area contributed by atoms with Gasteiger partial charge in [-0.05, 0) is 42.3 Å². The molecular formula is C22H23ClFN5O5. The Morgan fingerprint density at radius 2 is 2.03 bits per heavy atom. The van der Waals surface area contributed by atoms with Crippen molar-refractivity contribution < 1.29 is 28.6 Å². The lowest BCUT2D eigenvalue weighted by Gasteiger charge is -2.34. The molecule has 0 aliphatic carbocycles. The van der Waals surface area contributed by atoms with E-state index in [0.717, 1.165) is 11.6 Å². The van der Waals surface area contributed by atoms with Crippen molar-refractivity contribution in [3.8, 4) is 0 Å². The number of anilines is 3. The fraction of sp³-hybridized carbons (Fsp3) is 0.273. The van der Waals surface area contributed by atoms with E-state index < -0.39 is 35.7 Å². The zero-order chi connectivity index (χ0) is 23.7. The number of amidine groups is 1. The van der Waals surface area contributed by atoms with Gasteiger partial charge in [0.2, 0.25) is 5.91 Å². The molecule has 2 aliphatic rings. The summed E-state index contributed by atoms with van der Waals surface area (Å²) in [5.41, 5.74) is 7.24. The van der Waals surface area contributed by atoms with Gasteiger partial charge in [-0.3, -0.25) is 19.8 Å². The molecule has 4 rings (SSSR count). The number of nitrogen functional groups attached to an aromatic ring is 1. The first-order valence-corrected chi connectivity index (χ1v) is 10.2. The van der Waals surface area contributed by atoms with E-state index in [1.165, 1.54) is 17.0 Å². The molecule has 2 atom stereocenters. The molecule has 0 bridgehead atoms. The highest BCUT2D eigenvalue weighted by molar-refractivity contribution is 6.04. The Bertz CT molecular complexity index is 1160. The fourth-order valence-corrected chi connectivity index (χ4v) is 3.78. The molecule has 6 N–H and O–H groups in total. The number of fused-ring (bicyclic) bond motifs is 1. The Hall–Kier alpha value is -3.54. The molecule has 180 valence electrons. The summed E-state index contributed by atoms with van der Waals surface area (Å²) in [4.78, 5) is 38.6. The van der Waals surface area contributed by atoms with Crippen LogP contribution in [0.2, 0.25) is 0 Å². The highest BCUT2D eigenvalue weighted by atomic mass is 35.5. The van der Waals surface area contributed by atoms with Crippen molar-refractivity contribution >= 4 is 53.0 Å². The average molecular weight is 492 g/mol. The zero-order valence-electron chi connectivity index (χ0n) is 17.8. The second-order valence-electron chi connectivity index (χ2n) is 7.71. The third-order valence-corrected chi connectivity index (χ3v) is 5.50. The number of rotatable bonds is 5. The van der Waals surface area contributed by atoms with Crippen LogP contribution in [0.25, 0.3) is 0 Å². The number of nitrogens with one attached hydrogen (secondary N) is 3. The number of aliphatic hydroxyl groups excluding tert-OH is 1. The van der Waals surface area contributed by atoms with Gasteiger partial charge in [-0.1, -0.05) is 6.07 Å². The molecule has 0 unspecified atom stereocenters. The summed E-state index contributed by atoms with van der Waals surface area (Å²) < 4.78 is 19.4. The SMILES string of the molecule is Cl.N=C(N)c1ccc(NC(=O)[C@H](O)[C@H]2OCCN(c3ccc4c(c3)NC(=O)CC4)C2=O)cc1F. The number of nitrogens with zero attached hydrogens (tertiary/aromatic N) is 1. The lowest BCUT2D eigenvalue weighted by atomic mass is 10.0. The van der Waals surface area contributed by atoms with Crippen molar-refractivity contribution in [3.63, 3.8) is 0 Å². The molecule has 10 nitrogen and oxygen atoms in total. The number of halogens is 2. The number of morpholine rings is 1. The summed E-state index contributed by atoms with van der Waals surface area (Å²) in [5, 5.41) is 22.9. The van der Waals surface area contributed by atoms with Crippen LogP contribution in [-0.2, 0) is 25.5 Å². The van der Waals surface area contributed by atoms with Crippen molar-refractivity contribution in [3.05, 3.63) is 53.3 Å². The normalized spacial score (nSPS) is 18.3. The zero-order valence-corrected chi connectivity index (χ0v) is 18.7. The van der Waals surface area contributed by atoms with E-state index in [2.05, 4.69) is 10.6 Å². The summed E-state index contributed by atoms with van der Waals surface area (Å²) in [6, 6.07) is 8.74. The average Bonchev–Trinajstić information content (AvgIpc) is 2.78. The highest BCUT2D eigenvalue weighted by Crippen LogP contribution is 2.29. The molecule has 2 heterocycles. The summed E-state index contributed by atoms with van der Waals surface area (Å²) >= 11 is 0. The molecule has 34 heavy (non-hydrogen) atoms. The van der Waals surface area contributed by atoms with E-state index in [9.17, 15) is 23.9 Å². The molecule has 2 aliphatic heterocycles. The smallest absolute Gasteiger partial charge is 0.259 e. The Balaban J connectivity index is 0.00000324. The van der Waals surface area contributed by atoms with Crippen LogP contribution in [0.5, 0.6) is 0 Å². The summed E-state index contributed by atoms with van der Waals surface area (Å²) in [5.74, 6) is -2.96. The van der Waals surface area contributed by atoms with Crippen LogP contribution in [0, 0.1) is 11.2 Å². The first kappa shape index (κ1) is 25.1. The van der Waals surface area contributed by atoms with Gasteiger partial charge in [0.1, 0.15) is 11.7 Å². The quantitative estimate of drug-likeness (QED) is 0.312. The van der Waals surface area contributed by atoms with Crippen molar-refractivity contribution in [1.82, 2.24) is 0 Å². The molecule has 0 radical (unpaired) electrons. The minimum absolute atomic E-state index is 0. The lowest BCUT2D eigenvalue weighted by molar-refractivity contribution is -0.150. The Kier molecular flexibility index (Phi) is 7.50. The highest BCUT2D eigenvalue weighted by Gasteiger charge is 2.39. The third-order valence-electron chi connectivity index (χ3n) is 5.50. The van der Waals surface area contributed by atoms with Crippen LogP contribution in [0.15, 0.2) is 36.4 Å². The van der Waals surface area contributed by atoms with E-state index >= 15 is 0 Å². The monoisotopic (exact) mass is 491 g/mol. The number of hydrogen-bond donors (Lipinski definition) is 5. The molecule has 3 amide bonds. The van der Waals surface area contributed by atoms with Gasteiger partial charge in [-0.25, -0.2) is 4.39 Å². The van der Waals surface area contributed by atoms with Crippen LogP contribution in [0.4, 0.5) is 21.5 Å². The maximum absolute atomic E-state index is 14.0. The second-order valence-corrected chi connectivity index (χ2v) is 7.71. The standard InChI is InChI=1S/C22H22FN5O5.ClH/c23-15-9-12(3-5-14(15)20(24)25)26-21(31)18(30)19-22(32)28(7-8-33-19)13-4-1-11-2-6-17(29)27-16(11)10-13;/h1,3-5,9-10,18-19,30H,2,6-8H2,(H3,24,25)(H,26,31)(H,27,29);1H/t18-,19-;/m1./s1. The van der Waals surface area contributed by atoms with Gasteiger partial charge in [0, 0.05) is 30.0 Å². The van der Waals surface area contributed by atoms with E-state index in [1.807, 2.05) is 6.07 Å². The molecule has 12 heteroatoms. The van der Waals surface area contributed by atoms with Crippen LogP contribution in [-0.4, -0.2) is 54.0 Å². The minimum atomic E-state index is -1.85. The maximum Gasteiger partial charge on any atom is 0.259 e. The van der Waals surface area contributed by atoms with Crippen molar-refractivity contribution in [1.29, 1.82) is 5.41 Å². The van der Waals surface area contributed by atoms with Gasteiger partial charge in [0.05, 0.1) is 12.2 Å². The molecular weight excluding hydrogens is 469 g/mol. The lowest BCUT2D eigenvalue weighted by Crippen LogP contribution is -2.55. The number of hydrogen-bond acceptors (Lipinski definition) is 6. The van der Waals surface area contributed by atoms with E-state index in [-0.39, 0.29) is 42.7 Å². The van der Waals surface area contributed by atoms with Gasteiger partial charge in [-0.15, -0.1) is 12.4 Å². The first-order valence-electron chi connectivity index (χ1n) is 10.2. The summed E-state index contributed by atoms with van der Waals surface area (Å²) in [7, 11) is 0. The molecule has 1 fully saturated rings. The number of aliphatic hydroxyl groups is 1. The van der Waals surface area contributed by atoms with Crippen LogP contribution in [0.3, 0.4) is 0 Å². The molecule has 2 aromatic rings. The predicted molar refractivity (Wildman–Crippen MR) is 125 cm³/mol. The Labute approximate surface area is 200 Å². The van der Waals surface area contributed by atoms with Crippen LogP contribution >= 0.6 is 12.4 Å². The topological polar surface area (TPSA) is 158 Å². The summed E-state index contributed by atoms with van der Waals surface area (Å²) in [6.45, 7) is 0.278. The fourth-order valence-electron chi connectivity index (χ4n) is 3.78. The van der Waals surface area contributed by atoms with Gasteiger partial charge in [0.25, 0.3) is 11.8 Å². The van der Waals surface area contributed by atoms with Gasteiger partial charge >= 0.3 is 0 Å². The number of carbonyl (C=O) groups is 3. The number of aryl methyl sites for hydroxylation is 1.